The van der Waals surface area contributed by atoms with Crippen molar-refractivity contribution in [3.05, 3.63) is 58.8 Å². The van der Waals surface area contributed by atoms with E-state index < -0.39 is 22.0 Å². The van der Waals surface area contributed by atoms with Gasteiger partial charge in [0.15, 0.2) is 0 Å². The van der Waals surface area contributed by atoms with Gasteiger partial charge in [0.1, 0.15) is 11.9 Å². The third kappa shape index (κ3) is 4.57. The number of carbonyl (C=O) groups is 2. The van der Waals surface area contributed by atoms with Crippen LogP contribution in [0.3, 0.4) is 0 Å². The average Bonchev–Trinajstić information content (AvgIpc) is 2.79. The Morgan fingerprint density at radius 1 is 1.09 bits per heavy atom. The van der Waals surface area contributed by atoms with Gasteiger partial charge in [-0.05, 0) is 23.8 Å². The fourth-order valence-electron chi connectivity index (χ4n) is 3.97. The topological polar surface area (TPSA) is 99.6 Å². The number of hydrogen-bond donors (Lipinski definition) is 0. The van der Waals surface area contributed by atoms with Crippen LogP contribution in [0.4, 0.5) is 0 Å². The highest BCUT2D eigenvalue weighted by atomic mass is 35.5. The molecule has 0 aromatic heterocycles. The van der Waals surface area contributed by atoms with Gasteiger partial charge in [0.05, 0.1) is 18.4 Å². The van der Waals surface area contributed by atoms with Crippen LogP contribution >= 0.6 is 11.6 Å². The Kier molecular flexibility index (Phi) is 6.36. The van der Waals surface area contributed by atoms with E-state index in [4.69, 9.17) is 16.3 Å². The van der Waals surface area contributed by atoms with Gasteiger partial charge in [0.25, 0.3) is 15.9 Å². The highest BCUT2D eigenvalue weighted by Crippen LogP contribution is 2.30. The minimum absolute atomic E-state index is 0.0854. The van der Waals surface area contributed by atoms with Gasteiger partial charge in [-0.3, -0.25) is 9.69 Å². The summed E-state index contributed by atoms with van der Waals surface area (Å²) in [5.41, 5.74) is 1.14. The van der Waals surface area contributed by atoms with E-state index in [2.05, 4.69) is 4.40 Å². The van der Waals surface area contributed by atoms with Crippen LogP contribution in [0.5, 0.6) is 0 Å². The van der Waals surface area contributed by atoms with E-state index in [1.54, 1.807) is 46.4 Å². The van der Waals surface area contributed by atoms with Crippen LogP contribution < -0.4 is 0 Å². The van der Waals surface area contributed by atoms with Crippen LogP contribution in [0.2, 0.25) is 5.02 Å². The number of amidine groups is 1. The van der Waals surface area contributed by atoms with Crippen molar-refractivity contribution in [2.45, 2.75) is 6.04 Å². The predicted octanol–water partition coefficient (Wildman–Crippen LogP) is 1.20. The highest BCUT2D eigenvalue weighted by Gasteiger charge is 2.34. The molecule has 1 saturated heterocycles. The Labute approximate surface area is 191 Å². The summed E-state index contributed by atoms with van der Waals surface area (Å²) in [6, 6.07) is 6.52. The lowest BCUT2D eigenvalue weighted by molar-refractivity contribution is -0.148. The van der Waals surface area contributed by atoms with Gasteiger partial charge in [-0.25, -0.2) is 13.2 Å². The molecule has 170 valence electrons. The van der Waals surface area contributed by atoms with Crippen LogP contribution in [0.1, 0.15) is 11.6 Å². The fourth-order valence-corrected chi connectivity index (χ4v) is 5.18. The van der Waals surface area contributed by atoms with E-state index >= 15 is 0 Å². The number of halogens is 1. The number of hydrogen-bond acceptors (Lipinski definition) is 7. The first-order chi connectivity index (χ1) is 15.3. The number of methoxy groups -OCH3 is 1. The van der Waals surface area contributed by atoms with Crippen molar-refractivity contribution in [1.29, 1.82) is 0 Å². The first-order valence-electron chi connectivity index (χ1n) is 10.1. The molecular weight excluding hydrogens is 456 g/mol. The SMILES string of the molecule is COC(=O)C(c1ccccc1Cl)N1CCN(C(=O)C2=CN3CCS(=O)(=O)N=C3C=C2)CC1. The van der Waals surface area contributed by atoms with Gasteiger partial charge in [0, 0.05) is 43.9 Å². The number of sulfonamides is 1. The van der Waals surface area contributed by atoms with E-state index in [0.717, 1.165) is 0 Å². The summed E-state index contributed by atoms with van der Waals surface area (Å²) in [6.07, 6.45) is 4.78. The lowest BCUT2D eigenvalue weighted by atomic mass is 10.0. The van der Waals surface area contributed by atoms with Crippen LogP contribution in [0.25, 0.3) is 0 Å². The first-order valence-corrected chi connectivity index (χ1v) is 12.1. The van der Waals surface area contributed by atoms with Crippen LogP contribution in [0.15, 0.2) is 52.6 Å². The van der Waals surface area contributed by atoms with Gasteiger partial charge < -0.3 is 14.5 Å². The Morgan fingerprint density at radius 3 is 2.50 bits per heavy atom. The molecule has 11 heteroatoms. The quantitative estimate of drug-likeness (QED) is 0.599. The van der Waals surface area contributed by atoms with Crippen LogP contribution in [-0.4, -0.2) is 86.4 Å². The molecule has 9 nitrogen and oxygen atoms in total. The lowest BCUT2D eigenvalue weighted by Gasteiger charge is -2.39. The first kappa shape index (κ1) is 22.5. The predicted molar refractivity (Wildman–Crippen MR) is 120 cm³/mol. The third-order valence-corrected chi connectivity index (χ3v) is 7.17. The molecule has 3 heterocycles. The number of nitrogens with zero attached hydrogens (tertiary/aromatic N) is 4. The molecule has 3 aliphatic heterocycles. The molecule has 1 fully saturated rings. The molecule has 3 aliphatic rings. The number of ether oxygens (including phenoxy) is 1. The Balaban J connectivity index is 1.45. The van der Waals surface area contributed by atoms with Gasteiger partial charge in [0.2, 0.25) is 0 Å². The summed E-state index contributed by atoms with van der Waals surface area (Å²) in [6.45, 7) is 2.06. The molecule has 0 N–H and O–H groups in total. The fraction of sp³-hybridized carbons (Fsp3) is 0.381. The Bertz CT molecular complexity index is 1120. The van der Waals surface area contributed by atoms with Crippen LogP contribution in [0, 0.1) is 0 Å². The molecule has 1 unspecified atom stereocenters. The van der Waals surface area contributed by atoms with E-state index in [9.17, 15) is 18.0 Å². The minimum atomic E-state index is -3.44. The van der Waals surface area contributed by atoms with Crippen molar-refractivity contribution in [1.82, 2.24) is 14.7 Å². The second kappa shape index (κ2) is 9.05. The molecule has 0 radical (unpaired) electrons. The maximum atomic E-state index is 13.0. The monoisotopic (exact) mass is 478 g/mol. The lowest BCUT2D eigenvalue weighted by Crippen LogP contribution is -2.51. The highest BCUT2D eigenvalue weighted by molar-refractivity contribution is 7.90. The molecule has 1 atom stereocenters. The molecule has 1 aromatic rings. The van der Waals surface area contributed by atoms with Crippen molar-refractivity contribution < 1.29 is 22.7 Å². The van der Waals surface area contributed by atoms with E-state index in [1.807, 2.05) is 11.0 Å². The standard InChI is InChI=1S/C21H23ClN4O5S/c1-31-21(28)19(16-4-2-3-5-17(16)22)24-8-10-25(11-9-24)20(27)15-6-7-18-23-32(29,30)13-12-26(18)14-15/h2-7,14,19H,8-13H2,1H3. The molecule has 32 heavy (non-hydrogen) atoms. The number of amides is 1. The number of piperazine rings is 1. The van der Waals surface area contributed by atoms with E-state index in [-0.39, 0.29) is 18.2 Å². The molecular formula is C21H23ClN4O5S. The minimum Gasteiger partial charge on any atom is -0.468 e. The zero-order chi connectivity index (χ0) is 22.9. The largest absolute Gasteiger partial charge is 0.468 e. The van der Waals surface area contributed by atoms with Crippen molar-refractivity contribution in [3.63, 3.8) is 0 Å². The number of esters is 1. The summed E-state index contributed by atoms with van der Waals surface area (Å²) >= 11 is 6.33. The summed E-state index contributed by atoms with van der Waals surface area (Å²) in [4.78, 5) is 30.9. The van der Waals surface area contributed by atoms with Gasteiger partial charge >= 0.3 is 5.97 Å². The zero-order valence-electron chi connectivity index (χ0n) is 17.5. The second-order valence-electron chi connectivity index (χ2n) is 7.62. The second-order valence-corrected chi connectivity index (χ2v) is 9.78. The van der Waals surface area contributed by atoms with Crippen molar-refractivity contribution in [2.24, 2.45) is 4.40 Å². The number of carbonyl (C=O) groups excluding carboxylic acids is 2. The van der Waals surface area contributed by atoms with Gasteiger partial charge in [-0.1, -0.05) is 29.8 Å². The smallest absolute Gasteiger partial charge is 0.327 e. The molecule has 4 rings (SSSR count). The Morgan fingerprint density at radius 2 is 1.81 bits per heavy atom. The van der Waals surface area contributed by atoms with E-state index in [1.165, 1.54) is 7.11 Å². The molecule has 1 aromatic carbocycles. The molecule has 1 amide bonds. The zero-order valence-corrected chi connectivity index (χ0v) is 19.1. The number of rotatable bonds is 4. The number of benzene rings is 1. The van der Waals surface area contributed by atoms with Gasteiger partial charge in [-0.15, -0.1) is 4.40 Å². The average molecular weight is 479 g/mol. The van der Waals surface area contributed by atoms with E-state index in [0.29, 0.717) is 48.2 Å². The summed E-state index contributed by atoms with van der Waals surface area (Å²) in [7, 11) is -2.10. The molecule has 0 bridgehead atoms. The summed E-state index contributed by atoms with van der Waals surface area (Å²) in [5.74, 6) is -0.320. The van der Waals surface area contributed by atoms with Crippen LogP contribution in [-0.2, 0) is 24.3 Å². The van der Waals surface area contributed by atoms with Crippen molar-refractivity contribution in [3.8, 4) is 0 Å². The van der Waals surface area contributed by atoms with Crippen molar-refractivity contribution in [2.75, 3.05) is 45.6 Å². The molecule has 0 spiro atoms. The number of fused-ring (bicyclic) bond motifs is 1. The molecule has 0 saturated carbocycles. The van der Waals surface area contributed by atoms with Gasteiger partial charge in [-0.2, -0.15) is 0 Å². The Hall–Kier alpha value is -2.69. The summed E-state index contributed by atoms with van der Waals surface area (Å²) in [5, 5.41) is 0.486. The maximum Gasteiger partial charge on any atom is 0.327 e. The summed E-state index contributed by atoms with van der Waals surface area (Å²) < 4.78 is 32.1. The van der Waals surface area contributed by atoms with Crippen molar-refractivity contribution >= 4 is 39.3 Å². The normalized spacial score (nSPS) is 21.3. The molecule has 0 aliphatic carbocycles. The third-order valence-electron chi connectivity index (χ3n) is 5.66. The maximum absolute atomic E-state index is 13.0.